The molecule has 6 heteroatoms. The first-order valence-corrected chi connectivity index (χ1v) is 7.91. The first-order chi connectivity index (χ1) is 11.9. The molecule has 0 aromatic heterocycles. The van der Waals surface area contributed by atoms with E-state index in [0.29, 0.717) is 0 Å². The fraction of sp³-hybridized carbons (Fsp3) is 0.316. The lowest BCUT2D eigenvalue weighted by atomic mass is 10.0. The SMILES string of the molecule is CC(C)OC(C(=O)O)C(O)c1ccc(OCc2ccccc2)c(F)c1. The first-order valence-electron chi connectivity index (χ1n) is 7.91. The van der Waals surface area contributed by atoms with Crippen LogP contribution < -0.4 is 4.74 Å². The Morgan fingerprint density at radius 1 is 1.16 bits per heavy atom. The normalized spacial score (nSPS) is 13.5. The minimum Gasteiger partial charge on any atom is -0.486 e. The molecule has 2 aromatic rings. The largest absolute Gasteiger partial charge is 0.486 e. The molecule has 0 saturated heterocycles. The molecular weight excluding hydrogens is 327 g/mol. The highest BCUT2D eigenvalue weighted by atomic mass is 19.1. The molecule has 5 nitrogen and oxygen atoms in total. The van der Waals surface area contributed by atoms with Crippen molar-refractivity contribution in [1.82, 2.24) is 0 Å². The van der Waals surface area contributed by atoms with Crippen molar-refractivity contribution in [3.8, 4) is 5.75 Å². The van der Waals surface area contributed by atoms with Crippen molar-refractivity contribution in [2.75, 3.05) is 0 Å². The van der Waals surface area contributed by atoms with Crippen molar-refractivity contribution in [3.05, 3.63) is 65.5 Å². The molecule has 2 N–H and O–H groups in total. The van der Waals surface area contributed by atoms with E-state index in [1.807, 2.05) is 30.3 Å². The van der Waals surface area contributed by atoms with Crippen LogP contribution in [-0.2, 0) is 16.1 Å². The Morgan fingerprint density at radius 2 is 1.84 bits per heavy atom. The van der Waals surface area contributed by atoms with Crippen molar-refractivity contribution in [1.29, 1.82) is 0 Å². The van der Waals surface area contributed by atoms with Crippen LogP contribution in [0.3, 0.4) is 0 Å². The van der Waals surface area contributed by atoms with Gasteiger partial charge >= 0.3 is 5.97 Å². The minimum absolute atomic E-state index is 0.0245. The summed E-state index contributed by atoms with van der Waals surface area (Å²) in [5.74, 6) is -1.97. The van der Waals surface area contributed by atoms with Gasteiger partial charge in [-0.25, -0.2) is 9.18 Å². The minimum atomic E-state index is -1.49. The van der Waals surface area contributed by atoms with Crippen LogP contribution in [-0.4, -0.2) is 28.4 Å². The summed E-state index contributed by atoms with van der Waals surface area (Å²) >= 11 is 0. The molecule has 0 bridgehead atoms. The van der Waals surface area contributed by atoms with Crippen LogP contribution in [0.5, 0.6) is 5.75 Å². The van der Waals surface area contributed by atoms with E-state index in [2.05, 4.69) is 0 Å². The van der Waals surface area contributed by atoms with Crippen LogP contribution in [0.1, 0.15) is 31.1 Å². The number of benzene rings is 2. The molecule has 0 radical (unpaired) electrons. The molecule has 2 rings (SSSR count). The maximum atomic E-state index is 14.2. The van der Waals surface area contributed by atoms with Gasteiger partial charge in [0.15, 0.2) is 17.7 Å². The molecule has 2 unspecified atom stereocenters. The number of carboxylic acid groups (broad SMARTS) is 1. The van der Waals surface area contributed by atoms with Crippen LogP contribution in [0, 0.1) is 5.82 Å². The van der Waals surface area contributed by atoms with E-state index in [4.69, 9.17) is 9.47 Å². The number of aliphatic hydroxyl groups is 1. The van der Waals surface area contributed by atoms with Gasteiger partial charge in [0.05, 0.1) is 6.10 Å². The predicted octanol–water partition coefficient (Wildman–Crippen LogP) is 3.32. The van der Waals surface area contributed by atoms with Gasteiger partial charge < -0.3 is 19.7 Å². The van der Waals surface area contributed by atoms with Gasteiger partial charge in [0.1, 0.15) is 12.7 Å². The van der Waals surface area contributed by atoms with E-state index >= 15 is 0 Å². The molecule has 0 heterocycles. The second-order valence-corrected chi connectivity index (χ2v) is 5.85. The second kappa shape index (κ2) is 8.60. The number of halogens is 1. The van der Waals surface area contributed by atoms with Crippen LogP contribution >= 0.6 is 0 Å². The van der Waals surface area contributed by atoms with Gasteiger partial charge in [-0.1, -0.05) is 36.4 Å². The molecule has 0 spiro atoms. The summed E-state index contributed by atoms with van der Waals surface area (Å²) in [6.45, 7) is 3.52. The van der Waals surface area contributed by atoms with Gasteiger partial charge in [-0.3, -0.25) is 0 Å². The number of rotatable bonds is 8. The summed E-state index contributed by atoms with van der Waals surface area (Å²) in [7, 11) is 0. The Bertz CT molecular complexity index is 702. The van der Waals surface area contributed by atoms with Gasteiger partial charge in [-0.2, -0.15) is 0 Å². The number of aliphatic carboxylic acids is 1. The third-order valence-corrected chi connectivity index (χ3v) is 3.48. The lowest BCUT2D eigenvalue weighted by Crippen LogP contribution is -2.33. The maximum Gasteiger partial charge on any atom is 0.335 e. The summed E-state index contributed by atoms with van der Waals surface area (Å²) in [6, 6.07) is 13.2. The van der Waals surface area contributed by atoms with Gasteiger partial charge in [0.2, 0.25) is 0 Å². The molecule has 0 aliphatic carbocycles. The Balaban J connectivity index is 2.10. The van der Waals surface area contributed by atoms with E-state index in [9.17, 15) is 19.4 Å². The third kappa shape index (κ3) is 5.27. The highest BCUT2D eigenvalue weighted by Gasteiger charge is 2.30. The summed E-state index contributed by atoms with van der Waals surface area (Å²) in [5, 5.41) is 19.4. The van der Waals surface area contributed by atoms with Gasteiger partial charge in [-0.15, -0.1) is 0 Å². The molecule has 0 aliphatic rings. The number of aliphatic hydroxyl groups excluding tert-OH is 1. The number of carbonyl (C=O) groups is 1. The highest BCUT2D eigenvalue weighted by Crippen LogP contribution is 2.26. The molecular formula is C19H21FO5. The number of hydrogen-bond donors (Lipinski definition) is 2. The zero-order valence-corrected chi connectivity index (χ0v) is 14.1. The van der Waals surface area contributed by atoms with Gasteiger partial charge in [0.25, 0.3) is 0 Å². The smallest absolute Gasteiger partial charge is 0.335 e. The molecule has 0 fully saturated rings. The zero-order chi connectivity index (χ0) is 18.4. The number of carboxylic acids is 1. The lowest BCUT2D eigenvalue weighted by molar-refractivity contribution is -0.163. The number of ether oxygens (including phenoxy) is 2. The molecule has 2 aromatic carbocycles. The van der Waals surface area contributed by atoms with Crippen molar-refractivity contribution < 1.29 is 28.9 Å². The highest BCUT2D eigenvalue weighted by molar-refractivity contribution is 5.73. The van der Waals surface area contributed by atoms with E-state index < -0.39 is 30.1 Å². The Labute approximate surface area is 145 Å². The van der Waals surface area contributed by atoms with Crippen molar-refractivity contribution in [2.24, 2.45) is 0 Å². The van der Waals surface area contributed by atoms with E-state index in [0.717, 1.165) is 11.6 Å². The maximum absolute atomic E-state index is 14.2. The summed E-state index contributed by atoms with van der Waals surface area (Å²) in [5.41, 5.74) is 1.000. The topological polar surface area (TPSA) is 76.0 Å². The Kier molecular flexibility index (Phi) is 6.50. The lowest BCUT2D eigenvalue weighted by Gasteiger charge is -2.22. The summed E-state index contributed by atoms with van der Waals surface area (Å²) < 4.78 is 24.8. The van der Waals surface area contributed by atoms with Crippen LogP contribution in [0.4, 0.5) is 4.39 Å². The molecule has 25 heavy (non-hydrogen) atoms. The molecule has 134 valence electrons. The van der Waals surface area contributed by atoms with E-state index in [-0.39, 0.29) is 17.9 Å². The van der Waals surface area contributed by atoms with Crippen LogP contribution in [0.15, 0.2) is 48.5 Å². The second-order valence-electron chi connectivity index (χ2n) is 5.85. The quantitative estimate of drug-likeness (QED) is 0.765. The number of hydrogen-bond acceptors (Lipinski definition) is 4. The Morgan fingerprint density at radius 3 is 2.40 bits per heavy atom. The van der Waals surface area contributed by atoms with Gasteiger partial charge in [0, 0.05) is 0 Å². The van der Waals surface area contributed by atoms with Crippen molar-refractivity contribution in [2.45, 2.75) is 38.8 Å². The first kappa shape index (κ1) is 18.9. The van der Waals surface area contributed by atoms with Crippen molar-refractivity contribution in [3.63, 3.8) is 0 Å². The third-order valence-electron chi connectivity index (χ3n) is 3.48. The summed E-state index contributed by atoms with van der Waals surface area (Å²) in [4.78, 5) is 11.3. The monoisotopic (exact) mass is 348 g/mol. The summed E-state index contributed by atoms with van der Waals surface area (Å²) in [6.07, 6.45) is -3.36. The van der Waals surface area contributed by atoms with Crippen molar-refractivity contribution >= 4 is 5.97 Å². The van der Waals surface area contributed by atoms with Crippen LogP contribution in [0.2, 0.25) is 0 Å². The molecule has 0 amide bonds. The molecule has 0 saturated carbocycles. The van der Waals surface area contributed by atoms with Gasteiger partial charge in [-0.05, 0) is 37.1 Å². The average molecular weight is 348 g/mol. The molecule has 0 aliphatic heterocycles. The standard InChI is InChI=1S/C19H21FO5/c1-12(2)25-18(19(22)23)17(21)14-8-9-16(15(20)10-14)24-11-13-6-4-3-5-7-13/h3-10,12,17-18,21H,11H2,1-2H3,(H,22,23). The average Bonchev–Trinajstić information content (AvgIpc) is 2.58. The predicted molar refractivity (Wildman–Crippen MR) is 89.8 cm³/mol. The molecule has 2 atom stereocenters. The van der Waals surface area contributed by atoms with E-state index in [1.54, 1.807) is 13.8 Å². The zero-order valence-electron chi connectivity index (χ0n) is 14.1. The Hall–Kier alpha value is -2.44. The van der Waals surface area contributed by atoms with Crippen LogP contribution in [0.25, 0.3) is 0 Å². The fourth-order valence-corrected chi connectivity index (χ4v) is 2.29. The fourth-order valence-electron chi connectivity index (χ4n) is 2.29. The van der Waals surface area contributed by atoms with E-state index in [1.165, 1.54) is 12.1 Å².